The standard InChI is InChI=1S/C20H30N2O4/c1-14-6-7-15(12-17(14)25-5)13-18(23)21-16-8-10-22(11-9-16)19(24)26-20(2,3)4/h6-7,12,16H,8-11,13H2,1-5H3,(H,21,23). The van der Waals surface area contributed by atoms with Crippen LogP contribution in [0.4, 0.5) is 4.79 Å². The van der Waals surface area contributed by atoms with Crippen molar-refractivity contribution in [3.05, 3.63) is 29.3 Å². The number of piperidine rings is 1. The fraction of sp³-hybridized carbons (Fsp3) is 0.600. The largest absolute Gasteiger partial charge is 0.496 e. The molecule has 6 nitrogen and oxygen atoms in total. The summed E-state index contributed by atoms with van der Waals surface area (Å²) in [5.41, 5.74) is 1.49. The number of benzene rings is 1. The first-order valence-corrected chi connectivity index (χ1v) is 9.09. The van der Waals surface area contributed by atoms with Crippen molar-refractivity contribution in [2.45, 2.75) is 58.6 Å². The molecule has 1 heterocycles. The predicted molar refractivity (Wildman–Crippen MR) is 100 cm³/mol. The number of amides is 2. The Kier molecular flexibility index (Phi) is 6.51. The lowest BCUT2D eigenvalue weighted by Crippen LogP contribution is -2.48. The number of rotatable bonds is 4. The summed E-state index contributed by atoms with van der Waals surface area (Å²) in [4.78, 5) is 26.1. The summed E-state index contributed by atoms with van der Waals surface area (Å²) in [5, 5.41) is 3.07. The Morgan fingerprint density at radius 1 is 1.23 bits per heavy atom. The van der Waals surface area contributed by atoms with E-state index in [4.69, 9.17) is 9.47 Å². The van der Waals surface area contributed by atoms with Gasteiger partial charge in [-0.3, -0.25) is 4.79 Å². The number of hydrogen-bond donors (Lipinski definition) is 1. The van der Waals surface area contributed by atoms with E-state index in [2.05, 4.69) is 5.32 Å². The van der Waals surface area contributed by atoms with E-state index < -0.39 is 5.60 Å². The van der Waals surface area contributed by atoms with Gasteiger partial charge in [-0.25, -0.2) is 4.79 Å². The zero-order valence-electron chi connectivity index (χ0n) is 16.4. The quantitative estimate of drug-likeness (QED) is 0.894. The molecule has 1 aliphatic rings. The maximum absolute atomic E-state index is 12.3. The molecule has 1 fully saturated rings. The van der Waals surface area contributed by atoms with Gasteiger partial charge < -0.3 is 19.7 Å². The molecular weight excluding hydrogens is 332 g/mol. The average molecular weight is 362 g/mol. The maximum Gasteiger partial charge on any atom is 0.410 e. The zero-order valence-corrected chi connectivity index (χ0v) is 16.4. The molecule has 1 aromatic carbocycles. The Bertz CT molecular complexity index is 644. The van der Waals surface area contributed by atoms with E-state index in [-0.39, 0.29) is 18.0 Å². The Morgan fingerprint density at radius 3 is 2.46 bits per heavy atom. The number of methoxy groups -OCH3 is 1. The van der Waals surface area contributed by atoms with E-state index in [0.29, 0.717) is 19.5 Å². The lowest BCUT2D eigenvalue weighted by Gasteiger charge is -2.33. The third-order valence-corrected chi connectivity index (χ3v) is 4.35. The molecule has 26 heavy (non-hydrogen) atoms. The lowest BCUT2D eigenvalue weighted by atomic mass is 10.0. The molecule has 2 rings (SSSR count). The maximum atomic E-state index is 12.3. The minimum Gasteiger partial charge on any atom is -0.496 e. The molecular formula is C20H30N2O4. The smallest absolute Gasteiger partial charge is 0.410 e. The number of likely N-dealkylation sites (tertiary alicyclic amines) is 1. The van der Waals surface area contributed by atoms with Crippen LogP contribution in [0.3, 0.4) is 0 Å². The molecule has 144 valence electrons. The molecule has 0 saturated carbocycles. The van der Waals surface area contributed by atoms with Crippen LogP contribution in [0.2, 0.25) is 0 Å². The highest BCUT2D eigenvalue weighted by Crippen LogP contribution is 2.20. The van der Waals surface area contributed by atoms with Crippen LogP contribution >= 0.6 is 0 Å². The Balaban J connectivity index is 1.80. The first kappa shape index (κ1) is 20.1. The summed E-state index contributed by atoms with van der Waals surface area (Å²) in [6, 6.07) is 5.90. The molecule has 0 aliphatic carbocycles. The fourth-order valence-electron chi connectivity index (χ4n) is 2.97. The van der Waals surface area contributed by atoms with E-state index in [1.165, 1.54) is 0 Å². The highest BCUT2D eigenvalue weighted by molar-refractivity contribution is 5.79. The van der Waals surface area contributed by atoms with Gasteiger partial charge in [0.1, 0.15) is 11.4 Å². The molecule has 0 spiro atoms. The van der Waals surface area contributed by atoms with Crippen molar-refractivity contribution in [1.29, 1.82) is 0 Å². The van der Waals surface area contributed by atoms with Gasteiger partial charge >= 0.3 is 6.09 Å². The van der Waals surface area contributed by atoms with Gasteiger partial charge in [-0.15, -0.1) is 0 Å². The summed E-state index contributed by atoms with van der Waals surface area (Å²) < 4.78 is 10.7. The summed E-state index contributed by atoms with van der Waals surface area (Å²) in [6.45, 7) is 8.74. The number of carbonyl (C=O) groups excluding carboxylic acids is 2. The first-order chi connectivity index (χ1) is 12.2. The Hall–Kier alpha value is -2.24. The van der Waals surface area contributed by atoms with Gasteiger partial charge in [-0.05, 0) is 57.7 Å². The van der Waals surface area contributed by atoms with Crippen molar-refractivity contribution in [2.75, 3.05) is 20.2 Å². The van der Waals surface area contributed by atoms with Crippen LogP contribution in [-0.2, 0) is 16.0 Å². The highest BCUT2D eigenvalue weighted by atomic mass is 16.6. The molecule has 0 unspecified atom stereocenters. The third-order valence-electron chi connectivity index (χ3n) is 4.35. The number of nitrogens with one attached hydrogen (secondary N) is 1. The summed E-state index contributed by atoms with van der Waals surface area (Å²) in [5.74, 6) is 0.785. The molecule has 1 N–H and O–H groups in total. The number of nitrogens with zero attached hydrogens (tertiary/aromatic N) is 1. The Labute approximate surface area is 155 Å². The molecule has 1 saturated heterocycles. The highest BCUT2D eigenvalue weighted by Gasteiger charge is 2.27. The van der Waals surface area contributed by atoms with E-state index in [1.807, 2.05) is 45.9 Å². The normalized spacial score (nSPS) is 15.5. The molecule has 6 heteroatoms. The summed E-state index contributed by atoms with van der Waals surface area (Å²) in [7, 11) is 1.63. The van der Waals surface area contributed by atoms with Gasteiger partial charge in [0, 0.05) is 19.1 Å². The number of aryl methyl sites for hydroxylation is 1. The van der Waals surface area contributed by atoms with Crippen LogP contribution in [0, 0.1) is 6.92 Å². The van der Waals surface area contributed by atoms with Crippen molar-refractivity contribution in [1.82, 2.24) is 10.2 Å². The second-order valence-electron chi connectivity index (χ2n) is 7.79. The van der Waals surface area contributed by atoms with Crippen molar-refractivity contribution in [2.24, 2.45) is 0 Å². The van der Waals surface area contributed by atoms with Crippen LogP contribution < -0.4 is 10.1 Å². The SMILES string of the molecule is COc1cc(CC(=O)NC2CCN(C(=O)OC(C)(C)C)CC2)ccc1C. The average Bonchev–Trinajstić information content (AvgIpc) is 2.55. The monoisotopic (exact) mass is 362 g/mol. The van der Waals surface area contributed by atoms with Crippen LogP contribution in [0.25, 0.3) is 0 Å². The number of carbonyl (C=O) groups is 2. The first-order valence-electron chi connectivity index (χ1n) is 9.09. The molecule has 0 bridgehead atoms. The molecule has 2 amide bonds. The van der Waals surface area contributed by atoms with Crippen molar-refractivity contribution < 1.29 is 19.1 Å². The number of hydrogen-bond acceptors (Lipinski definition) is 4. The van der Waals surface area contributed by atoms with Gasteiger partial charge in [0.25, 0.3) is 0 Å². The third kappa shape index (κ3) is 5.93. The Morgan fingerprint density at radius 2 is 1.88 bits per heavy atom. The van der Waals surface area contributed by atoms with E-state index in [1.54, 1.807) is 12.0 Å². The number of ether oxygens (including phenoxy) is 2. The molecule has 0 radical (unpaired) electrons. The van der Waals surface area contributed by atoms with E-state index in [0.717, 1.165) is 29.7 Å². The minimum absolute atomic E-state index is 0.00776. The summed E-state index contributed by atoms with van der Waals surface area (Å²) in [6.07, 6.45) is 1.52. The van der Waals surface area contributed by atoms with Crippen molar-refractivity contribution in [3.8, 4) is 5.75 Å². The fourth-order valence-corrected chi connectivity index (χ4v) is 2.97. The van der Waals surface area contributed by atoms with Crippen LogP contribution in [0.5, 0.6) is 5.75 Å². The molecule has 0 atom stereocenters. The van der Waals surface area contributed by atoms with Gasteiger partial charge in [0.05, 0.1) is 13.5 Å². The van der Waals surface area contributed by atoms with Crippen molar-refractivity contribution >= 4 is 12.0 Å². The van der Waals surface area contributed by atoms with Crippen LogP contribution in [0.1, 0.15) is 44.7 Å². The molecule has 1 aliphatic heterocycles. The van der Waals surface area contributed by atoms with Gasteiger partial charge in [0.2, 0.25) is 5.91 Å². The minimum atomic E-state index is -0.489. The molecule has 1 aromatic rings. The van der Waals surface area contributed by atoms with Gasteiger partial charge in [0.15, 0.2) is 0 Å². The lowest BCUT2D eigenvalue weighted by molar-refractivity contribution is -0.121. The van der Waals surface area contributed by atoms with E-state index >= 15 is 0 Å². The summed E-state index contributed by atoms with van der Waals surface area (Å²) >= 11 is 0. The van der Waals surface area contributed by atoms with Gasteiger partial charge in [-0.1, -0.05) is 12.1 Å². The van der Waals surface area contributed by atoms with Gasteiger partial charge in [-0.2, -0.15) is 0 Å². The van der Waals surface area contributed by atoms with E-state index in [9.17, 15) is 9.59 Å². The zero-order chi connectivity index (χ0) is 19.3. The topological polar surface area (TPSA) is 67.9 Å². The van der Waals surface area contributed by atoms with Crippen molar-refractivity contribution in [3.63, 3.8) is 0 Å². The second-order valence-corrected chi connectivity index (χ2v) is 7.79. The second kappa shape index (κ2) is 8.43. The predicted octanol–water partition coefficient (Wildman–Crippen LogP) is 3.06. The van der Waals surface area contributed by atoms with Crippen LogP contribution in [-0.4, -0.2) is 48.7 Å². The molecule has 0 aromatic heterocycles. The van der Waals surface area contributed by atoms with Crippen LogP contribution in [0.15, 0.2) is 18.2 Å².